The van der Waals surface area contributed by atoms with Gasteiger partial charge in [0.25, 0.3) is 0 Å². The summed E-state index contributed by atoms with van der Waals surface area (Å²) in [5.74, 6) is 0.315. The summed E-state index contributed by atoms with van der Waals surface area (Å²) in [6, 6.07) is 22.3. The number of carbonyl (C=O) groups is 2. The Bertz CT molecular complexity index is 963. The van der Waals surface area contributed by atoms with Crippen LogP contribution in [-0.4, -0.2) is 12.1 Å². The van der Waals surface area contributed by atoms with Crippen LogP contribution in [0.15, 0.2) is 85.5 Å². The third kappa shape index (κ3) is 4.74. The van der Waals surface area contributed by atoms with E-state index in [1.807, 2.05) is 60.7 Å². The van der Waals surface area contributed by atoms with Crippen molar-refractivity contribution < 1.29 is 19.1 Å². The second kappa shape index (κ2) is 9.33. The number of aldehydes is 1. The molecule has 28 heavy (non-hydrogen) atoms. The SMILES string of the molecule is C=CC(=O)c1cc(OCc2ccccc2)cc(C=O)c1OCc1ccccc1. The van der Waals surface area contributed by atoms with Gasteiger partial charge >= 0.3 is 0 Å². The van der Waals surface area contributed by atoms with Gasteiger partial charge in [-0.2, -0.15) is 0 Å². The van der Waals surface area contributed by atoms with Crippen LogP contribution in [0.5, 0.6) is 11.5 Å². The first kappa shape index (κ1) is 19.1. The lowest BCUT2D eigenvalue weighted by atomic mass is 10.0. The highest BCUT2D eigenvalue weighted by Gasteiger charge is 2.17. The van der Waals surface area contributed by atoms with Gasteiger partial charge < -0.3 is 9.47 Å². The molecule has 0 aromatic heterocycles. The van der Waals surface area contributed by atoms with E-state index in [9.17, 15) is 9.59 Å². The van der Waals surface area contributed by atoms with Crippen molar-refractivity contribution in [2.24, 2.45) is 0 Å². The number of hydrogen-bond donors (Lipinski definition) is 0. The largest absolute Gasteiger partial charge is 0.489 e. The topological polar surface area (TPSA) is 52.6 Å². The summed E-state index contributed by atoms with van der Waals surface area (Å²) in [7, 11) is 0. The summed E-state index contributed by atoms with van der Waals surface area (Å²) < 4.78 is 11.6. The van der Waals surface area contributed by atoms with Gasteiger partial charge in [-0.1, -0.05) is 67.2 Å². The van der Waals surface area contributed by atoms with E-state index in [0.29, 0.717) is 18.6 Å². The van der Waals surface area contributed by atoms with Gasteiger partial charge in [0.15, 0.2) is 12.1 Å². The summed E-state index contributed by atoms with van der Waals surface area (Å²) in [6.45, 7) is 4.10. The van der Waals surface area contributed by atoms with E-state index in [0.717, 1.165) is 11.1 Å². The van der Waals surface area contributed by atoms with Crippen LogP contribution in [-0.2, 0) is 13.2 Å². The first-order valence-corrected chi connectivity index (χ1v) is 8.84. The van der Waals surface area contributed by atoms with E-state index < -0.39 is 0 Å². The van der Waals surface area contributed by atoms with Crippen LogP contribution in [0.1, 0.15) is 31.8 Å². The normalized spacial score (nSPS) is 10.1. The highest BCUT2D eigenvalue weighted by molar-refractivity contribution is 6.08. The van der Waals surface area contributed by atoms with Gasteiger partial charge in [0.05, 0.1) is 11.1 Å². The van der Waals surface area contributed by atoms with Crippen LogP contribution in [0, 0.1) is 0 Å². The number of benzene rings is 3. The quantitative estimate of drug-likeness (QED) is 0.300. The molecule has 0 aliphatic carbocycles. The van der Waals surface area contributed by atoms with E-state index in [-0.39, 0.29) is 29.3 Å². The summed E-state index contributed by atoms with van der Waals surface area (Å²) in [6.07, 6.45) is 1.86. The van der Waals surface area contributed by atoms with Crippen LogP contribution in [0.4, 0.5) is 0 Å². The summed E-state index contributed by atoms with van der Waals surface area (Å²) in [4.78, 5) is 24.0. The molecule has 0 amide bonds. The lowest BCUT2D eigenvalue weighted by Gasteiger charge is -2.15. The molecule has 0 heterocycles. The first-order chi connectivity index (χ1) is 13.7. The number of ether oxygens (including phenoxy) is 2. The Hall–Kier alpha value is -3.66. The summed E-state index contributed by atoms with van der Waals surface area (Å²) in [5, 5.41) is 0. The maximum absolute atomic E-state index is 12.4. The predicted octanol–water partition coefficient (Wildman–Crippen LogP) is 5.03. The van der Waals surface area contributed by atoms with Gasteiger partial charge in [-0.05, 0) is 29.3 Å². The molecule has 3 aromatic rings. The Kier molecular flexibility index (Phi) is 6.37. The molecule has 0 saturated heterocycles. The zero-order valence-electron chi connectivity index (χ0n) is 15.3. The molecule has 0 aliphatic rings. The van der Waals surface area contributed by atoms with Crippen molar-refractivity contribution in [1.29, 1.82) is 0 Å². The van der Waals surface area contributed by atoms with Crippen molar-refractivity contribution >= 4 is 12.1 Å². The highest BCUT2D eigenvalue weighted by Crippen LogP contribution is 2.30. The molecule has 0 N–H and O–H groups in total. The number of ketones is 1. The Morgan fingerprint density at radius 3 is 1.96 bits per heavy atom. The van der Waals surface area contributed by atoms with Gasteiger partial charge in [0.2, 0.25) is 0 Å². The van der Waals surface area contributed by atoms with Crippen molar-refractivity contribution in [1.82, 2.24) is 0 Å². The van der Waals surface area contributed by atoms with E-state index in [2.05, 4.69) is 6.58 Å². The zero-order valence-corrected chi connectivity index (χ0v) is 15.3. The Balaban J connectivity index is 1.88. The molecular formula is C24H20O4. The Morgan fingerprint density at radius 1 is 0.857 bits per heavy atom. The van der Waals surface area contributed by atoms with Gasteiger partial charge in [-0.3, -0.25) is 9.59 Å². The molecule has 0 aliphatic heterocycles. The molecule has 0 radical (unpaired) electrons. The lowest BCUT2D eigenvalue weighted by Crippen LogP contribution is -2.07. The second-order valence-electron chi connectivity index (χ2n) is 6.12. The minimum Gasteiger partial charge on any atom is -0.489 e. The van der Waals surface area contributed by atoms with E-state index in [1.165, 1.54) is 6.08 Å². The van der Waals surface area contributed by atoms with Gasteiger partial charge in [0, 0.05) is 0 Å². The number of carbonyl (C=O) groups excluding carboxylic acids is 2. The molecule has 4 heteroatoms. The maximum atomic E-state index is 12.4. The second-order valence-corrected chi connectivity index (χ2v) is 6.12. The fourth-order valence-corrected chi connectivity index (χ4v) is 2.72. The van der Waals surface area contributed by atoms with Crippen LogP contribution in [0.3, 0.4) is 0 Å². The third-order valence-corrected chi connectivity index (χ3v) is 4.14. The van der Waals surface area contributed by atoms with Crippen molar-refractivity contribution in [3.05, 3.63) is 108 Å². The van der Waals surface area contributed by atoms with E-state index >= 15 is 0 Å². The minimum absolute atomic E-state index is 0.232. The van der Waals surface area contributed by atoms with Crippen molar-refractivity contribution in [3.8, 4) is 11.5 Å². The number of rotatable bonds is 9. The van der Waals surface area contributed by atoms with Crippen LogP contribution in [0.25, 0.3) is 0 Å². The van der Waals surface area contributed by atoms with Gasteiger partial charge in [-0.15, -0.1) is 0 Å². The highest BCUT2D eigenvalue weighted by atomic mass is 16.5. The van der Waals surface area contributed by atoms with Crippen LogP contribution >= 0.6 is 0 Å². The zero-order chi connectivity index (χ0) is 19.8. The number of hydrogen-bond acceptors (Lipinski definition) is 4. The summed E-state index contributed by atoms with van der Waals surface area (Å²) in [5.41, 5.74) is 2.42. The average Bonchev–Trinajstić information content (AvgIpc) is 2.76. The standard InChI is InChI=1S/C24H20O4/c1-2-23(26)22-14-21(27-16-18-9-5-3-6-10-18)13-20(15-25)24(22)28-17-19-11-7-4-8-12-19/h2-15H,1,16-17H2. The van der Waals surface area contributed by atoms with Crippen LogP contribution in [0.2, 0.25) is 0 Å². The third-order valence-electron chi connectivity index (χ3n) is 4.14. The monoisotopic (exact) mass is 372 g/mol. The fourth-order valence-electron chi connectivity index (χ4n) is 2.72. The molecule has 0 saturated carbocycles. The molecule has 0 spiro atoms. The molecule has 0 bridgehead atoms. The van der Waals surface area contributed by atoms with Crippen molar-refractivity contribution in [2.75, 3.05) is 0 Å². The fraction of sp³-hybridized carbons (Fsp3) is 0.0833. The molecular weight excluding hydrogens is 352 g/mol. The molecule has 0 fully saturated rings. The Labute approximate surface area is 164 Å². The van der Waals surface area contributed by atoms with Crippen molar-refractivity contribution in [3.63, 3.8) is 0 Å². The molecule has 3 rings (SSSR count). The van der Waals surface area contributed by atoms with E-state index in [1.54, 1.807) is 12.1 Å². The smallest absolute Gasteiger partial charge is 0.189 e. The average molecular weight is 372 g/mol. The molecule has 0 atom stereocenters. The van der Waals surface area contributed by atoms with Crippen LogP contribution < -0.4 is 9.47 Å². The molecule has 0 unspecified atom stereocenters. The van der Waals surface area contributed by atoms with E-state index in [4.69, 9.17) is 9.47 Å². The number of allylic oxidation sites excluding steroid dienone is 1. The lowest BCUT2D eigenvalue weighted by molar-refractivity contribution is 0.104. The Morgan fingerprint density at radius 2 is 1.43 bits per heavy atom. The minimum atomic E-state index is -0.337. The van der Waals surface area contributed by atoms with Gasteiger partial charge in [0.1, 0.15) is 24.7 Å². The molecule has 4 nitrogen and oxygen atoms in total. The first-order valence-electron chi connectivity index (χ1n) is 8.84. The van der Waals surface area contributed by atoms with Crippen molar-refractivity contribution in [2.45, 2.75) is 13.2 Å². The molecule has 3 aromatic carbocycles. The van der Waals surface area contributed by atoms with Gasteiger partial charge in [-0.25, -0.2) is 0 Å². The summed E-state index contributed by atoms with van der Waals surface area (Å²) >= 11 is 0. The molecule has 140 valence electrons. The maximum Gasteiger partial charge on any atom is 0.189 e. The predicted molar refractivity (Wildman–Crippen MR) is 108 cm³/mol.